The van der Waals surface area contributed by atoms with Gasteiger partial charge < -0.3 is 14.2 Å². The summed E-state index contributed by atoms with van der Waals surface area (Å²) in [5.41, 5.74) is 3.17. The highest BCUT2D eigenvalue weighted by atomic mass is 16.3. The van der Waals surface area contributed by atoms with Gasteiger partial charge in [-0.25, -0.2) is 0 Å². The first-order chi connectivity index (χ1) is 13.6. The van der Waals surface area contributed by atoms with Gasteiger partial charge in [-0.3, -0.25) is 14.6 Å². The minimum absolute atomic E-state index is 0.00835. The number of hydrogen-bond acceptors (Lipinski definition) is 4. The first kappa shape index (κ1) is 18.7. The predicted molar refractivity (Wildman–Crippen MR) is 105 cm³/mol. The predicted octanol–water partition coefficient (Wildman–Crippen LogP) is 3.63. The van der Waals surface area contributed by atoms with Crippen molar-refractivity contribution in [3.05, 3.63) is 53.2 Å². The van der Waals surface area contributed by atoms with Crippen molar-refractivity contribution in [2.24, 2.45) is 0 Å². The first-order valence-corrected chi connectivity index (χ1v) is 10.2. The van der Waals surface area contributed by atoms with Crippen molar-refractivity contribution < 1.29 is 14.0 Å². The molecule has 2 amide bonds. The molecular formula is C22H27N3O3. The van der Waals surface area contributed by atoms with Crippen molar-refractivity contribution in [1.82, 2.24) is 14.8 Å². The van der Waals surface area contributed by atoms with E-state index in [1.54, 1.807) is 6.07 Å². The number of rotatable bonds is 3. The second kappa shape index (κ2) is 8.17. The summed E-state index contributed by atoms with van der Waals surface area (Å²) in [6.45, 7) is 4.98. The maximum absolute atomic E-state index is 13.1. The van der Waals surface area contributed by atoms with Crippen LogP contribution in [0.4, 0.5) is 0 Å². The maximum atomic E-state index is 13.1. The Kier molecular flexibility index (Phi) is 5.46. The maximum Gasteiger partial charge on any atom is 0.257 e. The normalized spacial score (nSPS) is 18.3. The zero-order chi connectivity index (χ0) is 19.5. The summed E-state index contributed by atoms with van der Waals surface area (Å²) in [7, 11) is 0. The number of aryl methyl sites for hydroxylation is 1. The van der Waals surface area contributed by atoms with E-state index < -0.39 is 0 Å². The molecule has 6 nitrogen and oxygen atoms in total. The van der Waals surface area contributed by atoms with E-state index >= 15 is 0 Å². The number of furan rings is 1. The Morgan fingerprint density at radius 1 is 0.964 bits per heavy atom. The molecule has 2 aliphatic rings. The fourth-order valence-electron chi connectivity index (χ4n) is 4.26. The van der Waals surface area contributed by atoms with Crippen LogP contribution in [0, 0.1) is 6.92 Å². The minimum Gasteiger partial charge on any atom is -0.472 e. The van der Waals surface area contributed by atoms with Crippen molar-refractivity contribution in [3.8, 4) is 0 Å². The van der Waals surface area contributed by atoms with Gasteiger partial charge in [-0.2, -0.15) is 0 Å². The molecule has 0 atom stereocenters. The van der Waals surface area contributed by atoms with Gasteiger partial charge in [0.2, 0.25) is 0 Å². The quantitative estimate of drug-likeness (QED) is 0.814. The summed E-state index contributed by atoms with van der Waals surface area (Å²) in [5.74, 6) is 0.324. The van der Waals surface area contributed by atoms with Gasteiger partial charge in [0.05, 0.1) is 23.1 Å². The summed E-state index contributed by atoms with van der Waals surface area (Å²) in [6.07, 6.45) is 8.01. The molecule has 148 valence electrons. The smallest absolute Gasteiger partial charge is 0.257 e. The third-order valence-electron chi connectivity index (χ3n) is 5.87. The third kappa shape index (κ3) is 3.81. The van der Waals surface area contributed by atoms with Gasteiger partial charge in [-0.05, 0) is 57.2 Å². The Morgan fingerprint density at radius 2 is 1.68 bits per heavy atom. The summed E-state index contributed by atoms with van der Waals surface area (Å²) < 4.78 is 5.03. The van der Waals surface area contributed by atoms with Crippen LogP contribution in [0.3, 0.4) is 0 Å². The van der Waals surface area contributed by atoms with Gasteiger partial charge in [0.25, 0.3) is 11.8 Å². The molecule has 2 aromatic rings. The van der Waals surface area contributed by atoms with Crippen molar-refractivity contribution in [3.63, 3.8) is 0 Å². The standard InChI is InChI=1S/C22H27N3O3/c1-16-5-6-19(22(27)24-10-3-2-4-11-24)20(23-16)17-7-12-25(13-8-17)21(26)18-9-14-28-15-18/h5-6,9,14-15,17H,2-4,7-8,10-13H2,1H3. The Bertz CT molecular complexity index is 833. The Hall–Kier alpha value is -2.63. The summed E-state index contributed by atoms with van der Waals surface area (Å²) in [5, 5.41) is 0. The van der Waals surface area contributed by atoms with Crippen LogP contribution in [-0.2, 0) is 0 Å². The van der Waals surface area contributed by atoms with E-state index in [1.165, 1.54) is 18.9 Å². The summed E-state index contributed by atoms with van der Waals surface area (Å²) in [6, 6.07) is 5.57. The van der Waals surface area contributed by atoms with Gasteiger partial charge in [-0.15, -0.1) is 0 Å². The van der Waals surface area contributed by atoms with Crippen molar-refractivity contribution in [2.45, 2.75) is 44.9 Å². The van der Waals surface area contributed by atoms with E-state index in [4.69, 9.17) is 9.40 Å². The molecule has 2 aromatic heterocycles. The van der Waals surface area contributed by atoms with Crippen molar-refractivity contribution >= 4 is 11.8 Å². The molecule has 0 unspecified atom stereocenters. The van der Waals surface area contributed by atoms with Gasteiger partial charge in [-0.1, -0.05) is 0 Å². The van der Waals surface area contributed by atoms with Crippen LogP contribution >= 0.6 is 0 Å². The molecule has 2 saturated heterocycles. The molecule has 0 radical (unpaired) electrons. The number of nitrogens with zero attached hydrogens (tertiary/aromatic N) is 3. The molecule has 4 heterocycles. The molecule has 0 aliphatic carbocycles. The molecule has 28 heavy (non-hydrogen) atoms. The number of hydrogen-bond donors (Lipinski definition) is 0. The summed E-state index contributed by atoms with van der Waals surface area (Å²) >= 11 is 0. The molecule has 2 aliphatic heterocycles. The van der Waals surface area contributed by atoms with Gasteiger partial charge in [0.15, 0.2) is 0 Å². The van der Waals surface area contributed by atoms with Crippen molar-refractivity contribution in [1.29, 1.82) is 0 Å². The SMILES string of the molecule is Cc1ccc(C(=O)N2CCCCC2)c(C2CCN(C(=O)c3ccoc3)CC2)n1. The summed E-state index contributed by atoms with van der Waals surface area (Å²) in [4.78, 5) is 34.2. The number of piperidine rings is 2. The van der Waals surface area contributed by atoms with E-state index in [0.29, 0.717) is 18.7 Å². The number of carbonyl (C=O) groups excluding carboxylic acids is 2. The molecule has 2 fully saturated rings. The van der Waals surface area contributed by atoms with E-state index in [0.717, 1.165) is 55.7 Å². The van der Waals surface area contributed by atoms with E-state index in [-0.39, 0.29) is 17.7 Å². The average molecular weight is 381 g/mol. The highest BCUT2D eigenvalue weighted by molar-refractivity contribution is 5.96. The molecule has 4 rings (SSSR count). The lowest BCUT2D eigenvalue weighted by atomic mass is 9.89. The number of amides is 2. The number of pyridine rings is 1. The zero-order valence-corrected chi connectivity index (χ0v) is 16.4. The van der Waals surface area contributed by atoms with Crippen LogP contribution in [0.1, 0.15) is 70.1 Å². The van der Waals surface area contributed by atoms with Crippen molar-refractivity contribution in [2.75, 3.05) is 26.2 Å². The molecular weight excluding hydrogens is 354 g/mol. The number of likely N-dealkylation sites (tertiary alicyclic amines) is 2. The fraction of sp³-hybridized carbons (Fsp3) is 0.500. The Morgan fingerprint density at radius 3 is 2.36 bits per heavy atom. The highest BCUT2D eigenvalue weighted by Crippen LogP contribution is 2.31. The average Bonchev–Trinajstić information content (AvgIpc) is 3.28. The van der Waals surface area contributed by atoms with Crippen LogP contribution in [0.2, 0.25) is 0 Å². The highest BCUT2D eigenvalue weighted by Gasteiger charge is 2.30. The second-order valence-corrected chi connectivity index (χ2v) is 7.82. The molecule has 6 heteroatoms. The molecule has 0 spiro atoms. The number of carbonyl (C=O) groups is 2. The van der Waals surface area contributed by atoms with E-state index in [2.05, 4.69) is 0 Å². The molecule has 0 saturated carbocycles. The van der Waals surface area contributed by atoms with Crippen LogP contribution < -0.4 is 0 Å². The van der Waals surface area contributed by atoms with Gasteiger partial charge in [0.1, 0.15) is 6.26 Å². The van der Waals surface area contributed by atoms with Gasteiger partial charge in [0, 0.05) is 37.8 Å². The topological polar surface area (TPSA) is 66.7 Å². The van der Waals surface area contributed by atoms with Crippen LogP contribution in [0.15, 0.2) is 35.1 Å². The Labute approximate surface area is 165 Å². The van der Waals surface area contributed by atoms with E-state index in [1.807, 2.05) is 28.9 Å². The van der Waals surface area contributed by atoms with Crippen LogP contribution in [0.25, 0.3) is 0 Å². The Balaban J connectivity index is 1.49. The zero-order valence-electron chi connectivity index (χ0n) is 16.4. The minimum atomic E-state index is 0.00835. The molecule has 0 aromatic carbocycles. The van der Waals surface area contributed by atoms with Crippen LogP contribution in [0.5, 0.6) is 0 Å². The molecule has 0 N–H and O–H groups in total. The lowest BCUT2D eigenvalue weighted by Crippen LogP contribution is -2.39. The molecule has 0 bridgehead atoms. The third-order valence-corrected chi connectivity index (χ3v) is 5.87. The second-order valence-electron chi connectivity index (χ2n) is 7.82. The van der Waals surface area contributed by atoms with E-state index in [9.17, 15) is 9.59 Å². The largest absolute Gasteiger partial charge is 0.472 e. The van der Waals surface area contributed by atoms with Gasteiger partial charge >= 0.3 is 0 Å². The fourth-order valence-corrected chi connectivity index (χ4v) is 4.26. The lowest BCUT2D eigenvalue weighted by Gasteiger charge is -2.33. The number of aromatic nitrogens is 1. The monoisotopic (exact) mass is 381 g/mol. The lowest BCUT2D eigenvalue weighted by molar-refractivity contribution is 0.0695. The van der Waals surface area contributed by atoms with Crippen LogP contribution in [-0.4, -0.2) is 52.8 Å². The first-order valence-electron chi connectivity index (χ1n) is 10.2.